The molecule has 6 heteroatoms. The Balaban J connectivity index is 2.47. The molecule has 6 nitrogen and oxygen atoms in total. The van der Waals surface area contributed by atoms with Gasteiger partial charge in [0.2, 0.25) is 0 Å². The lowest BCUT2D eigenvalue weighted by Gasteiger charge is -2.20. The molecule has 0 atom stereocenters. The van der Waals surface area contributed by atoms with Crippen LogP contribution < -0.4 is 9.64 Å². The van der Waals surface area contributed by atoms with Gasteiger partial charge in [-0.15, -0.1) is 0 Å². The number of nitrogens with zero attached hydrogens (tertiary/aromatic N) is 3. The number of nitriles is 1. The second-order valence-corrected chi connectivity index (χ2v) is 4.33. The maximum atomic E-state index is 11.2. The van der Waals surface area contributed by atoms with Crippen molar-refractivity contribution in [3.63, 3.8) is 0 Å². The normalized spacial score (nSPS) is 9.76. The summed E-state index contributed by atoms with van der Waals surface area (Å²) in [5.74, 6) is 0.538. The van der Waals surface area contributed by atoms with Gasteiger partial charge in [-0.05, 0) is 30.3 Å². The van der Waals surface area contributed by atoms with Crippen molar-refractivity contribution in [3.8, 4) is 11.8 Å². The Kier molecular flexibility index (Phi) is 4.05. The molecule has 106 valence electrons. The first-order valence-corrected chi connectivity index (χ1v) is 6.13. The summed E-state index contributed by atoms with van der Waals surface area (Å²) in [6.45, 7) is 0. The van der Waals surface area contributed by atoms with Crippen molar-refractivity contribution in [2.24, 2.45) is 0 Å². The molecule has 0 saturated heterocycles. The quantitative estimate of drug-likeness (QED) is 0.635. The highest BCUT2D eigenvalue weighted by Crippen LogP contribution is 2.35. The van der Waals surface area contributed by atoms with Crippen LogP contribution in [0.5, 0.6) is 5.75 Å². The molecule has 0 aliphatic heterocycles. The van der Waals surface area contributed by atoms with Crippen molar-refractivity contribution < 1.29 is 9.66 Å². The van der Waals surface area contributed by atoms with Crippen molar-refractivity contribution >= 4 is 17.1 Å². The average molecular weight is 283 g/mol. The van der Waals surface area contributed by atoms with Gasteiger partial charge in [0.25, 0.3) is 5.69 Å². The number of ether oxygens (including phenoxy) is 1. The van der Waals surface area contributed by atoms with E-state index in [2.05, 4.69) is 0 Å². The fraction of sp³-hybridized carbons (Fsp3) is 0.133. The molecule has 0 aliphatic rings. The van der Waals surface area contributed by atoms with E-state index in [0.29, 0.717) is 17.0 Å². The summed E-state index contributed by atoms with van der Waals surface area (Å²) in [5.41, 5.74) is 1.68. The van der Waals surface area contributed by atoms with Crippen LogP contribution in [0.15, 0.2) is 42.5 Å². The Hall–Kier alpha value is -3.07. The second kappa shape index (κ2) is 5.92. The van der Waals surface area contributed by atoms with Crippen LogP contribution in [0.25, 0.3) is 0 Å². The lowest BCUT2D eigenvalue weighted by Crippen LogP contribution is -2.11. The van der Waals surface area contributed by atoms with Crippen molar-refractivity contribution in [2.45, 2.75) is 0 Å². The van der Waals surface area contributed by atoms with Crippen LogP contribution in [0.2, 0.25) is 0 Å². The van der Waals surface area contributed by atoms with Gasteiger partial charge in [-0.25, -0.2) is 0 Å². The molecule has 2 rings (SSSR count). The molecule has 0 radical (unpaired) electrons. The van der Waals surface area contributed by atoms with E-state index >= 15 is 0 Å². The molecule has 2 aromatic carbocycles. The molecule has 0 spiro atoms. The van der Waals surface area contributed by atoms with E-state index in [1.54, 1.807) is 48.3 Å². The molecule has 2 aromatic rings. The summed E-state index contributed by atoms with van der Waals surface area (Å²) in [7, 11) is 3.23. The Bertz CT molecular complexity index is 705. The van der Waals surface area contributed by atoms with Crippen LogP contribution >= 0.6 is 0 Å². The number of benzene rings is 2. The predicted molar refractivity (Wildman–Crippen MR) is 78.9 cm³/mol. The second-order valence-electron chi connectivity index (χ2n) is 4.33. The Morgan fingerprint density at radius 3 is 2.43 bits per heavy atom. The van der Waals surface area contributed by atoms with Gasteiger partial charge in [-0.1, -0.05) is 0 Å². The molecule has 0 aromatic heterocycles. The fourth-order valence-corrected chi connectivity index (χ4v) is 1.95. The maximum absolute atomic E-state index is 11.2. The molecule has 0 N–H and O–H groups in total. The summed E-state index contributed by atoms with van der Waals surface area (Å²) in [6, 6.07) is 13.4. The summed E-state index contributed by atoms with van der Waals surface area (Å²) in [5, 5.41) is 20.0. The van der Waals surface area contributed by atoms with Crippen LogP contribution in [0.4, 0.5) is 17.1 Å². The van der Waals surface area contributed by atoms with Crippen LogP contribution in [-0.4, -0.2) is 19.1 Å². The van der Waals surface area contributed by atoms with Crippen LogP contribution in [0, 0.1) is 21.4 Å². The topological polar surface area (TPSA) is 79.4 Å². The zero-order valence-electron chi connectivity index (χ0n) is 11.6. The average Bonchev–Trinajstić information content (AvgIpc) is 2.53. The monoisotopic (exact) mass is 283 g/mol. The zero-order chi connectivity index (χ0) is 15.4. The smallest absolute Gasteiger partial charge is 0.293 e. The van der Waals surface area contributed by atoms with Gasteiger partial charge in [0.1, 0.15) is 11.4 Å². The van der Waals surface area contributed by atoms with Gasteiger partial charge in [0.05, 0.1) is 23.7 Å². The van der Waals surface area contributed by atoms with Crippen molar-refractivity contribution in [2.75, 3.05) is 19.1 Å². The summed E-state index contributed by atoms with van der Waals surface area (Å²) in [4.78, 5) is 12.4. The molecule has 0 heterocycles. The van der Waals surface area contributed by atoms with Crippen LogP contribution in [0.1, 0.15) is 5.56 Å². The SMILES string of the molecule is COc1ccc([N+](=O)[O-])c(N(C)c2ccc(C#N)cc2)c1. The minimum Gasteiger partial charge on any atom is -0.497 e. The van der Waals surface area contributed by atoms with Gasteiger partial charge >= 0.3 is 0 Å². The largest absolute Gasteiger partial charge is 0.497 e. The first-order chi connectivity index (χ1) is 10.1. The van der Waals surface area contributed by atoms with Crippen molar-refractivity contribution in [1.82, 2.24) is 0 Å². The van der Waals surface area contributed by atoms with Gasteiger partial charge in [-0.3, -0.25) is 10.1 Å². The van der Waals surface area contributed by atoms with Crippen molar-refractivity contribution in [1.29, 1.82) is 5.26 Å². The predicted octanol–water partition coefficient (Wildman–Crippen LogP) is 3.24. The maximum Gasteiger partial charge on any atom is 0.293 e. The summed E-state index contributed by atoms with van der Waals surface area (Å²) < 4.78 is 5.12. The highest BCUT2D eigenvalue weighted by Gasteiger charge is 2.19. The lowest BCUT2D eigenvalue weighted by molar-refractivity contribution is -0.384. The Morgan fingerprint density at radius 2 is 1.90 bits per heavy atom. The molecule has 0 fully saturated rings. The Morgan fingerprint density at radius 1 is 1.24 bits per heavy atom. The van der Waals surface area contributed by atoms with E-state index in [0.717, 1.165) is 5.69 Å². The molecule has 0 amide bonds. The van der Waals surface area contributed by atoms with E-state index in [4.69, 9.17) is 10.00 Å². The summed E-state index contributed by atoms with van der Waals surface area (Å²) >= 11 is 0. The first kappa shape index (κ1) is 14.3. The van der Waals surface area contributed by atoms with E-state index in [9.17, 15) is 10.1 Å². The minimum atomic E-state index is -0.436. The lowest BCUT2D eigenvalue weighted by atomic mass is 10.2. The zero-order valence-corrected chi connectivity index (χ0v) is 11.6. The minimum absolute atomic E-state index is 0.0114. The Labute approximate surface area is 122 Å². The molecule has 0 aliphatic carbocycles. The first-order valence-electron chi connectivity index (χ1n) is 6.13. The van der Waals surface area contributed by atoms with E-state index in [1.165, 1.54) is 13.2 Å². The third-order valence-electron chi connectivity index (χ3n) is 3.12. The highest BCUT2D eigenvalue weighted by atomic mass is 16.6. The van der Waals surface area contributed by atoms with Crippen LogP contribution in [0.3, 0.4) is 0 Å². The number of nitro groups is 1. The molecular formula is C15H13N3O3. The van der Waals surface area contributed by atoms with E-state index in [1.807, 2.05) is 6.07 Å². The third-order valence-corrected chi connectivity index (χ3v) is 3.12. The standard InChI is InChI=1S/C15H13N3O3/c1-17(12-5-3-11(10-16)4-6-12)15-9-13(21-2)7-8-14(15)18(19)20/h3-9H,1-2H3. The van der Waals surface area contributed by atoms with Gasteiger partial charge in [0, 0.05) is 24.9 Å². The molecule has 0 bridgehead atoms. The molecule has 0 saturated carbocycles. The van der Waals surface area contributed by atoms with Gasteiger partial charge in [0.15, 0.2) is 0 Å². The van der Waals surface area contributed by atoms with E-state index in [-0.39, 0.29) is 5.69 Å². The number of anilines is 2. The van der Waals surface area contributed by atoms with Gasteiger partial charge < -0.3 is 9.64 Å². The molecule has 21 heavy (non-hydrogen) atoms. The number of nitro benzene ring substituents is 1. The van der Waals surface area contributed by atoms with Crippen molar-refractivity contribution in [3.05, 3.63) is 58.1 Å². The fourth-order valence-electron chi connectivity index (χ4n) is 1.95. The molecular weight excluding hydrogens is 270 g/mol. The number of rotatable bonds is 4. The number of hydrogen-bond acceptors (Lipinski definition) is 5. The van der Waals surface area contributed by atoms with E-state index < -0.39 is 4.92 Å². The van der Waals surface area contributed by atoms with Gasteiger partial charge in [-0.2, -0.15) is 5.26 Å². The van der Waals surface area contributed by atoms with Crippen LogP contribution in [-0.2, 0) is 0 Å². The highest BCUT2D eigenvalue weighted by molar-refractivity contribution is 5.73. The summed E-state index contributed by atoms with van der Waals surface area (Å²) in [6.07, 6.45) is 0. The molecule has 0 unspecified atom stereocenters. The number of methoxy groups -OCH3 is 1. The number of hydrogen-bond donors (Lipinski definition) is 0. The third kappa shape index (κ3) is 2.92.